The molecule has 0 unspecified atom stereocenters. The Morgan fingerprint density at radius 3 is 2.61 bits per heavy atom. The fourth-order valence-electron chi connectivity index (χ4n) is 4.69. The quantitative estimate of drug-likeness (QED) is 0.805. The number of ketones is 2. The molecule has 0 radical (unpaired) electrons. The van der Waals surface area contributed by atoms with Gasteiger partial charge in [0, 0.05) is 29.7 Å². The molecule has 4 heteroatoms. The molecule has 0 spiro atoms. The summed E-state index contributed by atoms with van der Waals surface area (Å²) in [6.07, 6.45) is 1.23. The molecular formula is C19H18O4. The van der Waals surface area contributed by atoms with Crippen molar-refractivity contribution in [3.8, 4) is 0 Å². The van der Waals surface area contributed by atoms with Crippen molar-refractivity contribution in [1.82, 2.24) is 0 Å². The number of fused-ring (bicyclic) bond motifs is 5. The first kappa shape index (κ1) is 14.4. The summed E-state index contributed by atoms with van der Waals surface area (Å²) in [4.78, 5) is 37.7. The van der Waals surface area contributed by atoms with E-state index in [4.69, 9.17) is 4.74 Å². The molecule has 2 bridgehead atoms. The van der Waals surface area contributed by atoms with Gasteiger partial charge in [0.05, 0.1) is 12.2 Å². The van der Waals surface area contributed by atoms with Gasteiger partial charge in [0.2, 0.25) is 0 Å². The van der Waals surface area contributed by atoms with Crippen LogP contribution in [-0.2, 0) is 19.1 Å². The van der Waals surface area contributed by atoms with Crippen molar-refractivity contribution in [3.05, 3.63) is 41.5 Å². The van der Waals surface area contributed by atoms with E-state index in [9.17, 15) is 14.4 Å². The zero-order valence-corrected chi connectivity index (χ0v) is 13.0. The van der Waals surface area contributed by atoms with Crippen LogP contribution in [0.4, 0.5) is 0 Å². The predicted octanol–water partition coefficient (Wildman–Crippen LogP) is 2.43. The van der Waals surface area contributed by atoms with Crippen LogP contribution in [0.25, 0.3) is 5.57 Å². The lowest BCUT2D eigenvalue weighted by Gasteiger charge is -2.24. The van der Waals surface area contributed by atoms with Crippen molar-refractivity contribution in [2.45, 2.75) is 19.8 Å². The van der Waals surface area contributed by atoms with Crippen LogP contribution in [0.2, 0.25) is 0 Å². The maximum Gasteiger partial charge on any atom is 0.335 e. The van der Waals surface area contributed by atoms with Crippen molar-refractivity contribution in [2.75, 3.05) is 6.61 Å². The third-order valence-electron chi connectivity index (χ3n) is 5.47. The number of hydrogen-bond donors (Lipinski definition) is 0. The molecule has 0 heterocycles. The van der Waals surface area contributed by atoms with Crippen LogP contribution in [0.3, 0.4) is 0 Å². The van der Waals surface area contributed by atoms with E-state index in [1.54, 1.807) is 6.92 Å². The second-order valence-corrected chi connectivity index (χ2v) is 6.56. The Hall–Kier alpha value is -2.23. The summed E-state index contributed by atoms with van der Waals surface area (Å²) in [6, 6.07) is 9.27. The lowest BCUT2D eigenvalue weighted by Crippen LogP contribution is -2.31. The molecule has 118 valence electrons. The van der Waals surface area contributed by atoms with Gasteiger partial charge in [-0.2, -0.15) is 0 Å². The van der Waals surface area contributed by atoms with Crippen LogP contribution in [-0.4, -0.2) is 24.1 Å². The number of carbonyl (C=O) groups excluding carboxylic acids is 3. The topological polar surface area (TPSA) is 60.4 Å². The van der Waals surface area contributed by atoms with Gasteiger partial charge in [-0.1, -0.05) is 30.3 Å². The Kier molecular flexibility index (Phi) is 3.22. The Labute approximate surface area is 134 Å². The average molecular weight is 310 g/mol. The third-order valence-corrected chi connectivity index (χ3v) is 5.47. The van der Waals surface area contributed by atoms with Crippen molar-refractivity contribution >= 4 is 23.1 Å². The van der Waals surface area contributed by atoms with E-state index in [0.29, 0.717) is 17.6 Å². The normalized spacial score (nSPS) is 31.7. The number of esters is 1. The third kappa shape index (κ3) is 1.94. The summed E-state index contributed by atoms with van der Waals surface area (Å²) in [6.45, 7) is 2.04. The first-order chi connectivity index (χ1) is 11.1. The van der Waals surface area contributed by atoms with Gasteiger partial charge < -0.3 is 4.74 Å². The van der Waals surface area contributed by atoms with E-state index >= 15 is 0 Å². The first-order valence-electron chi connectivity index (χ1n) is 8.17. The lowest BCUT2D eigenvalue weighted by atomic mass is 9.78. The molecule has 4 rings (SSSR count). The molecule has 0 amide bonds. The highest BCUT2D eigenvalue weighted by Crippen LogP contribution is 2.59. The van der Waals surface area contributed by atoms with Gasteiger partial charge in [-0.25, -0.2) is 4.79 Å². The molecule has 3 aliphatic rings. The average Bonchev–Trinajstić information content (AvgIpc) is 3.18. The standard InChI is InChI=1S/C19H18O4/c1-2-23-19(22)17-14-11-8-12(13(20)9-11)16(14)18(21)15(17)10-6-4-3-5-7-10/h3-7,11-12,14,16H,2,8-9H2,1H3/t11-,12+,14-,16+/m0/s1. The summed E-state index contributed by atoms with van der Waals surface area (Å²) >= 11 is 0. The number of Topliss-reactive ketones (excluding diaryl/α,β-unsaturated/α-hetero) is 2. The molecule has 1 aromatic carbocycles. The van der Waals surface area contributed by atoms with Crippen LogP contribution < -0.4 is 0 Å². The number of hydrogen-bond acceptors (Lipinski definition) is 4. The van der Waals surface area contributed by atoms with Gasteiger partial charge in [-0.15, -0.1) is 0 Å². The van der Waals surface area contributed by atoms with E-state index in [1.165, 1.54) is 0 Å². The second kappa shape index (κ2) is 5.15. The Morgan fingerprint density at radius 1 is 1.17 bits per heavy atom. The minimum absolute atomic E-state index is 0.0511. The van der Waals surface area contributed by atoms with E-state index < -0.39 is 5.97 Å². The molecule has 4 nitrogen and oxygen atoms in total. The minimum Gasteiger partial charge on any atom is -0.463 e. The van der Waals surface area contributed by atoms with E-state index in [-0.39, 0.29) is 41.8 Å². The van der Waals surface area contributed by atoms with E-state index in [1.807, 2.05) is 30.3 Å². The smallest absolute Gasteiger partial charge is 0.335 e. The SMILES string of the molecule is CCOC(=O)C1=C(c2ccccc2)C(=O)[C@H]2[C@@H]1[C@@H]1CC(=O)[C@H]2C1. The van der Waals surface area contributed by atoms with Crippen LogP contribution >= 0.6 is 0 Å². The van der Waals surface area contributed by atoms with Gasteiger partial charge in [-0.05, 0) is 24.8 Å². The zero-order chi connectivity index (χ0) is 16.1. The van der Waals surface area contributed by atoms with Crippen LogP contribution in [0.1, 0.15) is 25.3 Å². The maximum absolute atomic E-state index is 13.0. The molecule has 0 saturated heterocycles. The van der Waals surface area contributed by atoms with Crippen molar-refractivity contribution in [2.24, 2.45) is 23.7 Å². The van der Waals surface area contributed by atoms with Gasteiger partial charge in [0.25, 0.3) is 0 Å². The maximum atomic E-state index is 13.0. The first-order valence-corrected chi connectivity index (χ1v) is 8.17. The molecule has 2 fully saturated rings. The van der Waals surface area contributed by atoms with E-state index in [0.717, 1.165) is 12.0 Å². The lowest BCUT2D eigenvalue weighted by molar-refractivity contribution is -0.139. The van der Waals surface area contributed by atoms with Crippen molar-refractivity contribution < 1.29 is 19.1 Å². The summed E-state index contributed by atoms with van der Waals surface area (Å²) in [5.74, 6) is -0.848. The second-order valence-electron chi connectivity index (χ2n) is 6.56. The molecule has 0 N–H and O–H groups in total. The molecule has 2 saturated carbocycles. The van der Waals surface area contributed by atoms with Crippen molar-refractivity contribution in [3.63, 3.8) is 0 Å². The molecule has 0 aromatic heterocycles. The van der Waals surface area contributed by atoms with Crippen LogP contribution in [0.5, 0.6) is 0 Å². The van der Waals surface area contributed by atoms with E-state index in [2.05, 4.69) is 0 Å². The molecule has 0 aliphatic heterocycles. The zero-order valence-electron chi connectivity index (χ0n) is 13.0. The van der Waals surface area contributed by atoms with Crippen LogP contribution in [0, 0.1) is 23.7 Å². The highest BCUT2D eigenvalue weighted by molar-refractivity contribution is 6.31. The number of benzene rings is 1. The molecule has 1 aromatic rings. The van der Waals surface area contributed by atoms with Crippen molar-refractivity contribution in [1.29, 1.82) is 0 Å². The Morgan fingerprint density at radius 2 is 1.91 bits per heavy atom. The summed E-state index contributed by atoms with van der Waals surface area (Å²) in [7, 11) is 0. The monoisotopic (exact) mass is 310 g/mol. The molecule has 4 atom stereocenters. The predicted molar refractivity (Wildman–Crippen MR) is 83.2 cm³/mol. The summed E-state index contributed by atoms with van der Waals surface area (Å²) < 4.78 is 5.23. The molecule has 23 heavy (non-hydrogen) atoms. The Bertz CT molecular complexity index is 731. The molecule has 3 aliphatic carbocycles. The number of carbonyl (C=O) groups is 3. The summed E-state index contributed by atoms with van der Waals surface area (Å²) in [5.41, 5.74) is 1.73. The van der Waals surface area contributed by atoms with Gasteiger partial charge >= 0.3 is 5.97 Å². The number of rotatable bonds is 3. The van der Waals surface area contributed by atoms with Gasteiger partial charge in [0.15, 0.2) is 5.78 Å². The minimum atomic E-state index is -0.396. The number of allylic oxidation sites excluding steroid dienone is 1. The van der Waals surface area contributed by atoms with Crippen LogP contribution in [0.15, 0.2) is 35.9 Å². The summed E-state index contributed by atoms with van der Waals surface area (Å²) in [5, 5.41) is 0. The van der Waals surface area contributed by atoms with Gasteiger partial charge in [0.1, 0.15) is 5.78 Å². The fourth-order valence-corrected chi connectivity index (χ4v) is 4.69. The highest BCUT2D eigenvalue weighted by atomic mass is 16.5. The van der Waals surface area contributed by atoms with Gasteiger partial charge in [-0.3, -0.25) is 9.59 Å². The molecular weight excluding hydrogens is 292 g/mol. The highest BCUT2D eigenvalue weighted by Gasteiger charge is 2.61. The Balaban J connectivity index is 1.86. The fraction of sp³-hybridized carbons (Fsp3) is 0.421. The largest absolute Gasteiger partial charge is 0.463 e. The number of ether oxygens (including phenoxy) is 1.